The maximum Gasteiger partial charge on any atom is 0.312 e. The second-order valence-corrected chi connectivity index (χ2v) is 5.16. The number of esters is 1. The summed E-state index contributed by atoms with van der Waals surface area (Å²) in [5.41, 5.74) is 1.83. The van der Waals surface area contributed by atoms with Gasteiger partial charge in [0.1, 0.15) is 5.60 Å². The van der Waals surface area contributed by atoms with Crippen LogP contribution in [0.1, 0.15) is 43.9 Å². The molecule has 0 fully saturated rings. The summed E-state index contributed by atoms with van der Waals surface area (Å²) in [5, 5.41) is 10.8. The second-order valence-electron chi connectivity index (χ2n) is 5.16. The Bertz CT molecular complexity index is 449. The number of carbonyl (C=O) groups excluding carboxylic acids is 1. The molecule has 0 amide bonds. The Kier molecular flexibility index (Phi) is 5.12. The first-order chi connectivity index (χ1) is 8.84. The lowest BCUT2D eigenvalue weighted by molar-refractivity contribution is -0.158. The van der Waals surface area contributed by atoms with Crippen LogP contribution in [0.2, 0.25) is 0 Å². The van der Waals surface area contributed by atoms with Crippen LogP contribution in [0.4, 0.5) is 0 Å². The Labute approximate surface area is 115 Å². The van der Waals surface area contributed by atoms with Gasteiger partial charge in [0.05, 0.1) is 12.5 Å². The monoisotopic (exact) mass is 264 g/mol. The molecule has 0 saturated carbocycles. The largest absolute Gasteiger partial charge is 0.466 e. The normalized spacial score (nSPS) is 15.7. The minimum atomic E-state index is -1.21. The van der Waals surface area contributed by atoms with Gasteiger partial charge in [0.2, 0.25) is 0 Å². The van der Waals surface area contributed by atoms with Crippen molar-refractivity contribution in [2.75, 3.05) is 6.61 Å². The zero-order valence-corrected chi connectivity index (χ0v) is 12.5. The molecule has 19 heavy (non-hydrogen) atoms. The van der Waals surface area contributed by atoms with E-state index in [0.717, 1.165) is 11.1 Å². The van der Waals surface area contributed by atoms with Crippen molar-refractivity contribution >= 4 is 5.97 Å². The predicted molar refractivity (Wildman–Crippen MR) is 75.9 cm³/mol. The highest BCUT2D eigenvalue weighted by molar-refractivity contribution is 5.74. The molecule has 2 atom stereocenters. The molecule has 1 rings (SSSR count). The van der Waals surface area contributed by atoms with Crippen molar-refractivity contribution in [1.82, 2.24) is 0 Å². The fraction of sp³-hybridized carbons (Fsp3) is 0.562. The van der Waals surface area contributed by atoms with Gasteiger partial charge in [-0.05, 0) is 50.8 Å². The lowest BCUT2D eigenvalue weighted by atomic mass is 9.80. The van der Waals surface area contributed by atoms with Crippen molar-refractivity contribution < 1.29 is 14.6 Å². The molecular weight excluding hydrogens is 240 g/mol. The molecule has 3 nitrogen and oxygen atoms in total. The zero-order chi connectivity index (χ0) is 14.6. The molecule has 0 heterocycles. The van der Waals surface area contributed by atoms with Gasteiger partial charge >= 0.3 is 5.97 Å². The number of aryl methyl sites for hydroxylation is 2. The fourth-order valence-electron chi connectivity index (χ4n) is 2.29. The minimum Gasteiger partial charge on any atom is -0.466 e. The number of hydrogen-bond donors (Lipinski definition) is 1. The third-order valence-corrected chi connectivity index (χ3v) is 3.75. The first-order valence-electron chi connectivity index (χ1n) is 6.81. The van der Waals surface area contributed by atoms with Crippen LogP contribution >= 0.6 is 0 Å². The summed E-state index contributed by atoms with van der Waals surface area (Å²) in [6.07, 6.45) is 0.540. The van der Waals surface area contributed by atoms with E-state index in [9.17, 15) is 9.90 Å². The van der Waals surface area contributed by atoms with Gasteiger partial charge in [-0.25, -0.2) is 0 Å². The van der Waals surface area contributed by atoms with Crippen LogP contribution < -0.4 is 0 Å². The molecule has 3 heteroatoms. The van der Waals surface area contributed by atoms with Crippen LogP contribution in [0.3, 0.4) is 0 Å². The van der Waals surface area contributed by atoms with Crippen molar-refractivity contribution in [3.05, 3.63) is 34.9 Å². The van der Waals surface area contributed by atoms with E-state index in [1.165, 1.54) is 5.56 Å². The number of carbonyl (C=O) groups is 1. The van der Waals surface area contributed by atoms with E-state index in [1.54, 1.807) is 13.8 Å². The lowest BCUT2D eigenvalue weighted by Gasteiger charge is -2.31. The van der Waals surface area contributed by atoms with Crippen LogP contribution in [0, 0.1) is 19.8 Å². The summed E-state index contributed by atoms with van der Waals surface area (Å²) in [6.45, 7) is 9.70. The highest BCUT2D eigenvalue weighted by Crippen LogP contribution is 2.33. The predicted octanol–water partition coefficient (Wildman–Crippen LogP) is 3.10. The standard InChI is InChI=1S/C16H24O3/c1-6-14(15(17)19-7-2)16(5,18)13-9-8-11(3)12(4)10-13/h8-10,14,18H,6-7H2,1-5H3. The van der Waals surface area contributed by atoms with Gasteiger partial charge in [0, 0.05) is 0 Å². The third kappa shape index (κ3) is 3.35. The van der Waals surface area contributed by atoms with Crippen molar-refractivity contribution in [1.29, 1.82) is 0 Å². The summed E-state index contributed by atoms with van der Waals surface area (Å²) < 4.78 is 5.06. The fourth-order valence-corrected chi connectivity index (χ4v) is 2.29. The maximum absolute atomic E-state index is 12.0. The van der Waals surface area contributed by atoms with Crippen molar-refractivity contribution in [2.24, 2.45) is 5.92 Å². The molecule has 1 aromatic rings. The van der Waals surface area contributed by atoms with Gasteiger partial charge in [0.15, 0.2) is 0 Å². The van der Waals surface area contributed by atoms with Crippen LogP contribution in [-0.2, 0) is 15.1 Å². The van der Waals surface area contributed by atoms with Crippen molar-refractivity contribution in [3.63, 3.8) is 0 Å². The molecule has 2 unspecified atom stereocenters. The van der Waals surface area contributed by atoms with E-state index >= 15 is 0 Å². The Morgan fingerprint density at radius 3 is 2.42 bits per heavy atom. The Morgan fingerprint density at radius 2 is 1.95 bits per heavy atom. The van der Waals surface area contributed by atoms with Crippen LogP contribution in [0.15, 0.2) is 18.2 Å². The molecule has 1 aromatic carbocycles. The number of rotatable bonds is 5. The molecule has 0 spiro atoms. The van der Waals surface area contributed by atoms with E-state index in [0.29, 0.717) is 13.0 Å². The van der Waals surface area contributed by atoms with Gasteiger partial charge in [-0.2, -0.15) is 0 Å². The lowest BCUT2D eigenvalue weighted by Crippen LogP contribution is -2.38. The number of ether oxygens (including phenoxy) is 1. The van der Waals surface area contributed by atoms with Gasteiger partial charge < -0.3 is 9.84 Å². The minimum absolute atomic E-state index is 0.332. The maximum atomic E-state index is 12.0. The molecule has 0 aromatic heterocycles. The molecule has 0 radical (unpaired) electrons. The molecule has 0 saturated heterocycles. The Hall–Kier alpha value is -1.35. The molecule has 0 aliphatic carbocycles. The van der Waals surface area contributed by atoms with Crippen molar-refractivity contribution in [2.45, 2.75) is 46.6 Å². The first kappa shape index (κ1) is 15.7. The summed E-state index contributed by atoms with van der Waals surface area (Å²) in [6, 6.07) is 5.79. The average Bonchev–Trinajstić information content (AvgIpc) is 2.33. The average molecular weight is 264 g/mol. The van der Waals surface area contributed by atoms with Crippen LogP contribution in [0.25, 0.3) is 0 Å². The smallest absolute Gasteiger partial charge is 0.312 e. The molecule has 0 bridgehead atoms. The summed E-state index contributed by atoms with van der Waals surface area (Å²) >= 11 is 0. The van der Waals surface area contributed by atoms with E-state index in [-0.39, 0.29) is 5.97 Å². The number of benzene rings is 1. The van der Waals surface area contributed by atoms with E-state index < -0.39 is 11.5 Å². The Morgan fingerprint density at radius 1 is 1.32 bits per heavy atom. The summed E-state index contributed by atoms with van der Waals surface area (Å²) in [5.74, 6) is -0.886. The van der Waals surface area contributed by atoms with Gasteiger partial charge in [-0.15, -0.1) is 0 Å². The van der Waals surface area contributed by atoms with Crippen molar-refractivity contribution in [3.8, 4) is 0 Å². The molecule has 106 valence electrons. The van der Waals surface area contributed by atoms with Gasteiger partial charge in [-0.3, -0.25) is 4.79 Å². The van der Waals surface area contributed by atoms with Crippen LogP contribution in [-0.4, -0.2) is 17.7 Å². The van der Waals surface area contributed by atoms with E-state index in [2.05, 4.69) is 0 Å². The summed E-state index contributed by atoms with van der Waals surface area (Å²) in [7, 11) is 0. The van der Waals surface area contributed by atoms with Crippen LogP contribution in [0.5, 0.6) is 0 Å². The highest BCUT2D eigenvalue weighted by Gasteiger charge is 2.38. The molecule has 0 aliphatic heterocycles. The van der Waals surface area contributed by atoms with E-state index in [4.69, 9.17) is 4.74 Å². The second kappa shape index (κ2) is 6.20. The quantitative estimate of drug-likeness (QED) is 0.831. The molecule has 1 N–H and O–H groups in total. The number of aliphatic hydroxyl groups is 1. The first-order valence-corrected chi connectivity index (χ1v) is 6.81. The van der Waals surface area contributed by atoms with E-state index in [1.807, 2.05) is 39.0 Å². The SMILES string of the molecule is CCOC(=O)C(CC)C(C)(O)c1ccc(C)c(C)c1. The molecule has 0 aliphatic rings. The topological polar surface area (TPSA) is 46.5 Å². The van der Waals surface area contributed by atoms with Gasteiger partial charge in [0.25, 0.3) is 0 Å². The summed E-state index contributed by atoms with van der Waals surface area (Å²) in [4.78, 5) is 12.0. The zero-order valence-electron chi connectivity index (χ0n) is 12.5. The Balaban J connectivity index is 3.12. The highest BCUT2D eigenvalue weighted by atomic mass is 16.5. The third-order valence-electron chi connectivity index (χ3n) is 3.75. The number of hydrogen-bond acceptors (Lipinski definition) is 3. The van der Waals surface area contributed by atoms with Gasteiger partial charge in [-0.1, -0.05) is 25.1 Å². The molecular formula is C16H24O3.